The van der Waals surface area contributed by atoms with Crippen molar-refractivity contribution in [3.63, 3.8) is 0 Å². The SMILES string of the molecule is CCCN(CCC)S(=O)(=O)CCN. The Bertz CT molecular complexity index is 208. The fraction of sp³-hybridized carbons (Fsp3) is 1.00. The molecule has 0 aromatic carbocycles. The average Bonchev–Trinajstić information content (AvgIpc) is 2.04. The lowest BCUT2D eigenvalue weighted by Crippen LogP contribution is -2.36. The van der Waals surface area contributed by atoms with E-state index in [4.69, 9.17) is 5.73 Å². The van der Waals surface area contributed by atoms with E-state index in [0.29, 0.717) is 13.1 Å². The van der Waals surface area contributed by atoms with Crippen LogP contribution < -0.4 is 5.73 Å². The van der Waals surface area contributed by atoms with Gasteiger partial charge in [-0.3, -0.25) is 0 Å². The number of nitrogens with zero attached hydrogens (tertiary/aromatic N) is 1. The molecule has 0 amide bonds. The zero-order chi connectivity index (χ0) is 10.3. The normalized spacial score (nSPS) is 12.3. The first kappa shape index (κ1) is 12.9. The summed E-state index contributed by atoms with van der Waals surface area (Å²) in [5.41, 5.74) is 5.24. The molecule has 0 saturated carbocycles. The predicted octanol–water partition coefficient (Wildman–Crippen LogP) is 0.397. The first-order chi connectivity index (χ1) is 6.08. The van der Waals surface area contributed by atoms with Gasteiger partial charge in [-0.15, -0.1) is 0 Å². The number of nitrogens with two attached hydrogens (primary N) is 1. The van der Waals surface area contributed by atoms with Gasteiger partial charge in [-0.1, -0.05) is 13.8 Å². The highest BCUT2D eigenvalue weighted by Gasteiger charge is 2.18. The van der Waals surface area contributed by atoms with Gasteiger partial charge in [0.1, 0.15) is 0 Å². The van der Waals surface area contributed by atoms with Gasteiger partial charge >= 0.3 is 0 Å². The minimum absolute atomic E-state index is 0.0625. The summed E-state index contributed by atoms with van der Waals surface area (Å²) >= 11 is 0. The first-order valence-electron chi connectivity index (χ1n) is 4.76. The van der Waals surface area contributed by atoms with E-state index in [1.165, 1.54) is 4.31 Å². The van der Waals surface area contributed by atoms with Crippen LogP contribution in [0.15, 0.2) is 0 Å². The summed E-state index contributed by atoms with van der Waals surface area (Å²) in [4.78, 5) is 0. The van der Waals surface area contributed by atoms with E-state index < -0.39 is 10.0 Å². The second-order valence-electron chi connectivity index (χ2n) is 3.00. The van der Waals surface area contributed by atoms with Crippen LogP contribution in [0.25, 0.3) is 0 Å². The number of hydrogen-bond donors (Lipinski definition) is 1. The van der Waals surface area contributed by atoms with E-state index in [9.17, 15) is 8.42 Å². The molecule has 0 rings (SSSR count). The lowest BCUT2D eigenvalue weighted by atomic mass is 10.4. The molecule has 5 heteroatoms. The maximum atomic E-state index is 11.6. The van der Waals surface area contributed by atoms with Crippen molar-refractivity contribution in [3.05, 3.63) is 0 Å². The molecule has 0 aliphatic rings. The number of rotatable bonds is 7. The minimum atomic E-state index is -3.09. The molecule has 0 saturated heterocycles. The summed E-state index contributed by atoms with van der Waals surface area (Å²) in [6.45, 7) is 5.36. The van der Waals surface area contributed by atoms with Gasteiger partial charge in [0.2, 0.25) is 10.0 Å². The Balaban J connectivity index is 4.33. The molecular weight excluding hydrogens is 188 g/mol. The fourth-order valence-electron chi connectivity index (χ4n) is 1.17. The molecule has 80 valence electrons. The van der Waals surface area contributed by atoms with E-state index in [1.807, 2.05) is 13.8 Å². The van der Waals surface area contributed by atoms with E-state index in [1.54, 1.807) is 0 Å². The standard InChI is InChI=1S/C8H20N2O2S/c1-3-6-10(7-4-2)13(11,12)8-5-9/h3-9H2,1-2H3. The molecule has 0 spiro atoms. The highest BCUT2D eigenvalue weighted by atomic mass is 32.2. The van der Waals surface area contributed by atoms with Crippen molar-refractivity contribution >= 4 is 10.0 Å². The van der Waals surface area contributed by atoms with E-state index in [-0.39, 0.29) is 12.3 Å². The van der Waals surface area contributed by atoms with Gasteiger partial charge in [-0.25, -0.2) is 12.7 Å². The molecule has 0 radical (unpaired) electrons. The Hall–Kier alpha value is -0.130. The zero-order valence-electron chi connectivity index (χ0n) is 8.49. The van der Waals surface area contributed by atoms with Crippen molar-refractivity contribution in [2.75, 3.05) is 25.4 Å². The van der Waals surface area contributed by atoms with Crippen molar-refractivity contribution in [1.29, 1.82) is 0 Å². The monoisotopic (exact) mass is 208 g/mol. The summed E-state index contributed by atoms with van der Waals surface area (Å²) < 4.78 is 24.6. The van der Waals surface area contributed by atoms with Crippen molar-refractivity contribution < 1.29 is 8.42 Å². The van der Waals surface area contributed by atoms with Gasteiger partial charge in [0, 0.05) is 19.6 Å². The highest BCUT2D eigenvalue weighted by molar-refractivity contribution is 7.89. The largest absolute Gasteiger partial charge is 0.329 e. The van der Waals surface area contributed by atoms with Gasteiger partial charge in [0.05, 0.1) is 5.75 Å². The first-order valence-corrected chi connectivity index (χ1v) is 6.37. The van der Waals surface area contributed by atoms with Crippen molar-refractivity contribution in [3.8, 4) is 0 Å². The number of hydrogen-bond acceptors (Lipinski definition) is 3. The third-order valence-corrected chi connectivity index (χ3v) is 3.62. The molecule has 13 heavy (non-hydrogen) atoms. The van der Waals surface area contributed by atoms with Crippen LogP contribution in [0, 0.1) is 0 Å². The molecule has 4 nitrogen and oxygen atoms in total. The minimum Gasteiger partial charge on any atom is -0.329 e. The van der Waals surface area contributed by atoms with Crippen LogP contribution in [-0.2, 0) is 10.0 Å². The second-order valence-corrected chi connectivity index (χ2v) is 5.09. The van der Waals surface area contributed by atoms with Crippen LogP contribution in [0.4, 0.5) is 0 Å². The fourth-order valence-corrected chi connectivity index (χ4v) is 2.64. The Kier molecular flexibility index (Phi) is 6.28. The van der Waals surface area contributed by atoms with Crippen LogP contribution in [0.2, 0.25) is 0 Å². The third kappa shape index (κ3) is 4.59. The van der Waals surface area contributed by atoms with Crippen molar-refractivity contribution in [2.45, 2.75) is 26.7 Å². The molecule has 2 N–H and O–H groups in total. The molecule has 0 unspecified atom stereocenters. The highest BCUT2D eigenvalue weighted by Crippen LogP contribution is 2.03. The summed E-state index contributed by atoms with van der Waals surface area (Å²) in [7, 11) is -3.09. The molecule has 0 aliphatic carbocycles. The molecule has 0 aromatic heterocycles. The molecule has 0 atom stereocenters. The van der Waals surface area contributed by atoms with E-state index in [2.05, 4.69) is 0 Å². The average molecular weight is 208 g/mol. The Morgan fingerprint density at radius 2 is 1.62 bits per heavy atom. The molecule has 0 aliphatic heterocycles. The molecule has 0 heterocycles. The van der Waals surface area contributed by atoms with Gasteiger partial charge in [0.25, 0.3) is 0 Å². The zero-order valence-corrected chi connectivity index (χ0v) is 9.31. The summed E-state index contributed by atoms with van der Waals surface area (Å²) in [6, 6.07) is 0. The summed E-state index contributed by atoms with van der Waals surface area (Å²) in [5, 5.41) is 0. The van der Waals surface area contributed by atoms with Crippen LogP contribution in [-0.4, -0.2) is 38.1 Å². The van der Waals surface area contributed by atoms with Crippen molar-refractivity contribution in [1.82, 2.24) is 4.31 Å². The predicted molar refractivity (Wildman–Crippen MR) is 55.0 cm³/mol. The summed E-state index contributed by atoms with van der Waals surface area (Å²) in [6.07, 6.45) is 1.70. The van der Waals surface area contributed by atoms with Gasteiger partial charge in [0.15, 0.2) is 0 Å². The maximum Gasteiger partial charge on any atom is 0.215 e. The van der Waals surface area contributed by atoms with Gasteiger partial charge in [-0.2, -0.15) is 0 Å². The molecule has 0 fully saturated rings. The van der Waals surface area contributed by atoms with Crippen LogP contribution in [0.5, 0.6) is 0 Å². The second kappa shape index (κ2) is 6.34. The molecular formula is C8H20N2O2S. The molecule has 0 bridgehead atoms. The Morgan fingerprint density at radius 1 is 1.15 bits per heavy atom. The Morgan fingerprint density at radius 3 is 1.92 bits per heavy atom. The van der Waals surface area contributed by atoms with Crippen LogP contribution in [0.1, 0.15) is 26.7 Å². The number of sulfonamides is 1. The Labute approximate surface area is 81.2 Å². The molecule has 0 aromatic rings. The van der Waals surface area contributed by atoms with E-state index in [0.717, 1.165) is 12.8 Å². The topological polar surface area (TPSA) is 63.4 Å². The van der Waals surface area contributed by atoms with Gasteiger partial charge in [-0.05, 0) is 12.8 Å². The van der Waals surface area contributed by atoms with Crippen LogP contribution >= 0.6 is 0 Å². The lowest BCUT2D eigenvalue weighted by molar-refractivity contribution is 0.410. The lowest BCUT2D eigenvalue weighted by Gasteiger charge is -2.20. The smallest absolute Gasteiger partial charge is 0.215 e. The quantitative estimate of drug-likeness (QED) is 0.658. The van der Waals surface area contributed by atoms with Gasteiger partial charge < -0.3 is 5.73 Å². The third-order valence-electron chi connectivity index (χ3n) is 1.72. The summed E-state index contributed by atoms with van der Waals surface area (Å²) in [5.74, 6) is 0.0625. The van der Waals surface area contributed by atoms with Crippen molar-refractivity contribution in [2.24, 2.45) is 5.73 Å². The maximum absolute atomic E-state index is 11.6. The van der Waals surface area contributed by atoms with Crippen LogP contribution in [0.3, 0.4) is 0 Å². The van der Waals surface area contributed by atoms with E-state index >= 15 is 0 Å².